The highest BCUT2D eigenvalue weighted by Gasteiger charge is 2.42. The van der Waals surface area contributed by atoms with Gasteiger partial charge >= 0.3 is 5.97 Å². The average molecular weight is 301 g/mol. The van der Waals surface area contributed by atoms with E-state index in [0.717, 1.165) is 19.3 Å². The van der Waals surface area contributed by atoms with Crippen LogP contribution in [-0.2, 0) is 9.59 Å². The average Bonchev–Trinajstić information content (AvgIpc) is 2.83. The highest BCUT2D eigenvalue weighted by atomic mass is 32.2. The van der Waals surface area contributed by atoms with E-state index in [1.165, 1.54) is 12.8 Å². The standard InChI is InChI=1S/C15H27NO3S/c1-4-5-6-7-8-9-13(17)16-12(15(18)19)10-20-14(16)11(2)3/h11-12,14H,4-10H2,1-3H3,(H,18,19). The lowest BCUT2D eigenvalue weighted by Crippen LogP contribution is -2.47. The Hall–Kier alpha value is -0.710. The van der Waals surface area contributed by atoms with Crippen molar-refractivity contribution in [3.63, 3.8) is 0 Å². The first-order valence-corrected chi connectivity index (χ1v) is 8.69. The van der Waals surface area contributed by atoms with Crippen LogP contribution in [0.2, 0.25) is 0 Å². The van der Waals surface area contributed by atoms with Crippen LogP contribution in [0.5, 0.6) is 0 Å². The molecule has 0 aromatic rings. The first-order valence-electron chi connectivity index (χ1n) is 7.64. The molecule has 20 heavy (non-hydrogen) atoms. The number of carboxylic acid groups (broad SMARTS) is 1. The summed E-state index contributed by atoms with van der Waals surface area (Å²) >= 11 is 1.59. The Kier molecular flexibility index (Phi) is 7.41. The normalized spacial score (nSPS) is 22.5. The molecule has 2 atom stereocenters. The second kappa shape index (κ2) is 8.55. The molecule has 116 valence electrons. The fourth-order valence-corrected chi connectivity index (χ4v) is 4.05. The molecule has 0 aliphatic carbocycles. The van der Waals surface area contributed by atoms with E-state index in [1.807, 2.05) is 13.8 Å². The van der Waals surface area contributed by atoms with Gasteiger partial charge in [0.2, 0.25) is 5.91 Å². The summed E-state index contributed by atoms with van der Waals surface area (Å²) in [5.41, 5.74) is 0. The van der Waals surface area contributed by atoms with Crippen LogP contribution in [0.15, 0.2) is 0 Å². The zero-order valence-electron chi connectivity index (χ0n) is 12.8. The maximum absolute atomic E-state index is 12.4. The third-order valence-electron chi connectivity index (χ3n) is 3.67. The Balaban J connectivity index is 2.53. The van der Waals surface area contributed by atoms with Crippen LogP contribution in [0.25, 0.3) is 0 Å². The molecule has 0 spiro atoms. The molecule has 0 aromatic heterocycles. The van der Waals surface area contributed by atoms with Crippen LogP contribution < -0.4 is 0 Å². The molecule has 1 N–H and O–H groups in total. The van der Waals surface area contributed by atoms with E-state index in [1.54, 1.807) is 16.7 Å². The summed E-state index contributed by atoms with van der Waals surface area (Å²) in [6.45, 7) is 6.25. The van der Waals surface area contributed by atoms with Gasteiger partial charge in [-0.25, -0.2) is 4.79 Å². The smallest absolute Gasteiger partial charge is 0.327 e. The number of aliphatic carboxylic acids is 1. The minimum atomic E-state index is -0.875. The molecule has 1 aliphatic rings. The second-order valence-corrected chi connectivity index (χ2v) is 6.94. The first-order chi connectivity index (χ1) is 9.49. The number of carboxylic acids is 1. The van der Waals surface area contributed by atoms with Gasteiger partial charge in [0.15, 0.2) is 0 Å². The van der Waals surface area contributed by atoms with Crippen molar-refractivity contribution in [2.45, 2.75) is 70.7 Å². The van der Waals surface area contributed by atoms with Crippen molar-refractivity contribution in [1.82, 2.24) is 4.90 Å². The van der Waals surface area contributed by atoms with Crippen molar-refractivity contribution < 1.29 is 14.7 Å². The van der Waals surface area contributed by atoms with Crippen molar-refractivity contribution >= 4 is 23.6 Å². The predicted octanol–water partition coefficient (Wildman–Crippen LogP) is 3.36. The van der Waals surface area contributed by atoms with Crippen LogP contribution in [0.3, 0.4) is 0 Å². The number of carbonyl (C=O) groups excluding carboxylic acids is 1. The van der Waals surface area contributed by atoms with Gasteiger partial charge in [-0.3, -0.25) is 4.79 Å². The third kappa shape index (κ3) is 4.69. The molecular weight excluding hydrogens is 274 g/mol. The summed E-state index contributed by atoms with van der Waals surface area (Å²) in [5, 5.41) is 9.28. The van der Waals surface area contributed by atoms with Gasteiger partial charge < -0.3 is 10.0 Å². The van der Waals surface area contributed by atoms with Gasteiger partial charge in [-0.2, -0.15) is 0 Å². The summed E-state index contributed by atoms with van der Waals surface area (Å²) in [4.78, 5) is 25.3. The van der Waals surface area contributed by atoms with Crippen molar-refractivity contribution in [2.24, 2.45) is 5.92 Å². The Morgan fingerprint density at radius 2 is 1.90 bits per heavy atom. The lowest BCUT2D eigenvalue weighted by atomic mass is 10.1. The number of hydrogen-bond acceptors (Lipinski definition) is 3. The maximum Gasteiger partial charge on any atom is 0.327 e. The SMILES string of the molecule is CCCCCCCC(=O)N1C(C(=O)O)CSC1C(C)C. The van der Waals surface area contributed by atoms with Crippen LogP contribution in [0, 0.1) is 5.92 Å². The Bertz CT molecular complexity index is 333. The minimum absolute atomic E-state index is 0.0117. The molecule has 0 saturated carbocycles. The van der Waals surface area contributed by atoms with Gasteiger partial charge in [0.1, 0.15) is 6.04 Å². The van der Waals surface area contributed by atoms with E-state index in [9.17, 15) is 14.7 Å². The molecular formula is C15H27NO3S. The number of hydrogen-bond donors (Lipinski definition) is 1. The van der Waals surface area contributed by atoms with E-state index < -0.39 is 12.0 Å². The molecule has 5 heteroatoms. The monoisotopic (exact) mass is 301 g/mol. The van der Waals surface area contributed by atoms with Crippen molar-refractivity contribution in [2.75, 3.05) is 5.75 Å². The molecule has 1 aliphatic heterocycles. The molecule has 0 bridgehead atoms. The number of rotatable bonds is 8. The first kappa shape index (κ1) is 17.3. The number of nitrogens with zero attached hydrogens (tertiary/aromatic N) is 1. The van der Waals surface area contributed by atoms with E-state index in [0.29, 0.717) is 12.2 Å². The molecule has 1 amide bonds. The molecule has 2 unspecified atom stereocenters. The zero-order valence-corrected chi connectivity index (χ0v) is 13.6. The summed E-state index contributed by atoms with van der Waals surface area (Å²) in [6, 6.07) is -0.643. The Morgan fingerprint density at radius 3 is 2.45 bits per heavy atom. The quantitative estimate of drug-likeness (QED) is 0.698. The van der Waals surface area contributed by atoms with Gasteiger partial charge in [-0.15, -0.1) is 11.8 Å². The van der Waals surface area contributed by atoms with Crippen molar-refractivity contribution in [1.29, 1.82) is 0 Å². The van der Waals surface area contributed by atoms with E-state index in [2.05, 4.69) is 6.92 Å². The molecule has 0 aromatic carbocycles. The minimum Gasteiger partial charge on any atom is -0.480 e. The third-order valence-corrected chi connectivity index (χ3v) is 5.29. The molecule has 1 fully saturated rings. The van der Waals surface area contributed by atoms with Gasteiger partial charge in [0.25, 0.3) is 0 Å². The van der Waals surface area contributed by atoms with E-state index in [4.69, 9.17) is 0 Å². The largest absolute Gasteiger partial charge is 0.480 e. The Labute approximate surface area is 126 Å². The van der Waals surface area contributed by atoms with Crippen molar-refractivity contribution in [3.8, 4) is 0 Å². The topological polar surface area (TPSA) is 57.6 Å². The molecule has 1 saturated heterocycles. The molecule has 1 rings (SSSR count). The number of thioether (sulfide) groups is 1. The lowest BCUT2D eigenvalue weighted by Gasteiger charge is -2.29. The van der Waals surface area contributed by atoms with Crippen molar-refractivity contribution in [3.05, 3.63) is 0 Å². The van der Waals surface area contributed by atoms with Crippen LogP contribution in [-0.4, -0.2) is 39.1 Å². The van der Waals surface area contributed by atoms with Crippen LogP contribution in [0.1, 0.15) is 59.3 Å². The lowest BCUT2D eigenvalue weighted by molar-refractivity contribution is -0.149. The van der Waals surface area contributed by atoms with Gasteiger partial charge in [-0.05, 0) is 12.3 Å². The summed E-state index contributed by atoms with van der Waals surface area (Å²) in [5.74, 6) is -0.0642. The highest BCUT2D eigenvalue weighted by molar-refractivity contribution is 8.00. The molecule has 4 nitrogen and oxygen atoms in total. The number of carbonyl (C=O) groups is 2. The number of unbranched alkanes of at least 4 members (excludes halogenated alkanes) is 4. The molecule has 1 heterocycles. The van der Waals surface area contributed by atoms with Crippen LogP contribution in [0.4, 0.5) is 0 Å². The van der Waals surface area contributed by atoms with Gasteiger partial charge in [0.05, 0.1) is 5.37 Å². The van der Waals surface area contributed by atoms with Crippen LogP contribution >= 0.6 is 11.8 Å². The summed E-state index contributed by atoms with van der Waals surface area (Å²) < 4.78 is 0. The highest BCUT2D eigenvalue weighted by Crippen LogP contribution is 2.34. The second-order valence-electron chi connectivity index (χ2n) is 5.79. The fraction of sp³-hybridized carbons (Fsp3) is 0.867. The van der Waals surface area contributed by atoms with Gasteiger partial charge in [0, 0.05) is 12.2 Å². The summed E-state index contributed by atoms with van der Waals surface area (Å²) in [7, 11) is 0. The van der Waals surface area contributed by atoms with E-state index >= 15 is 0 Å². The summed E-state index contributed by atoms with van der Waals surface area (Å²) in [6.07, 6.45) is 5.97. The predicted molar refractivity (Wildman–Crippen MR) is 82.7 cm³/mol. The number of amides is 1. The maximum atomic E-state index is 12.4. The fourth-order valence-electron chi connectivity index (χ4n) is 2.56. The zero-order chi connectivity index (χ0) is 15.1. The molecule has 0 radical (unpaired) electrons. The van der Waals surface area contributed by atoms with Gasteiger partial charge in [-0.1, -0.05) is 46.5 Å². The van der Waals surface area contributed by atoms with E-state index in [-0.39, 0.29) is 17.2 Å². The Morgan fingerprint density at radius 1 is 1.25 bits per heavy atom.